The minimum atomic E-state index is 0.776. The standard InChI is InChI=1S/C13H21N3/c1-11-5-7-15-9-13(11)16(2)10-12-4-3-6-14-8-12/h5,7,9,12,14H,3-4,6,8,10H2,1-2H3/t12-/m1/s1. The van der Waals surface area contributed by atoms with E-state index in [9.17, 15) is 0 Å². The molecule has 0 bridgehead atoms. The third-order valence-electron chi connectivity index (χ3n) is 3.35. The third kappa shape index (κ3) is 2.73. The highest BCUT2D eigenvalue weighted by Gasteiger charge is 2.15. The first-order valence-electron chi connectivity index (χ1n) is 6.10. The van der Waals surface area contributed by atoms with Crippen LogP contribution in [0.3, 0.4) is 0 Å². The highest BCUT2D eigenvalue weighted by Crippen LogP contribution is 2.19. The molecule has 0 aromatic carbocycles. The van der Waals surface area contributed by atoms with Crippen LogP contribution in [0.2, 0.25) is 0 Å². The van der Waals surface area contributed by atoms with Gasteiger partial charge in [-0.25, -0.2) is 0 Å². The molecule has 0 aliphatic carbocycles. The molecule has 2 heterocycles. The summed E-state index contributed by atoms with van der Waals surface area (Å²) in [5, 5.41) is 3.46. The maximum atomic E-state index is 4.20. The predicted octanol–water partition coefficient (Wildman–Crippen LogP) is 1.83. The van der Waals surface area contributed by atoms with Crippen molar-refractivity contribution in [2.75, 3.05) is 31.6 Å². The normalized spacial score (nSPS) is 20.8. The van der Waals surface area contributed by atoms with Crippen molar-refractivity contribution >= 4 is 5.69 Å². The molecule has 1 saturated heterocycles. The predicted molar refractivity (Wildman–Crippen MR) is 67.8 cm³/mol. The van der Waals surface area contributed by atoms with Gasteiger partial charge in [-0.2, -0.15) is 0 Å². The van der Waals surface area contributed by atoms with Gasteiger partial charge in [0.1, 0.15) is 0 Å². The lowest BCUT2D eigenvalue weighted by Gasteiger charge is -2.29. The maximum Gasteiger partial charge on any atom is 0.0579 e. The molecular weight excluding hydrogens is 198 g/mol. The number of nitrogens with one attached hydrogen (secondary N) is 1. The fourth-order valence-corrected chi connectivity index (χ4v) is 2.42. The lowest BCUT2D eigenvalue weighted by Crippen LogP contribution is -2.37. The summed E-state index contributed by atoms with van der Waals surface area (Å²) in [6, 6.07) is 2.07. The molecule has 0 radical (unpaired) electrons. The van der Waals surface area contributed by atoms with E-state index >= 15 is 0 Å². The second-order valence-corrected chi connectivity index (χ2v) is 4.76. The van der Waals surface area contributed by atoms with Crippen molar-refractivity contribution in [3.05, 3.63) is 24.0 Å². The molecule has 1 N–H and O–H groups in total. The Hall–Kier alpha value is -1.09. The van der Waals surface area contributed by atoms with Crippen LogP contribution in [-0.2, 0) is 0 Å². The number of pyridine rings is 1. The van der Waals surface area contributed by atoms with E-state index in [0.29, 0.717) is 0 Å². The second-order valence-electron chi connectivity index (χ2n) is 4.76. The summed E-state index contributed by atoms with van der Waals surface area (Å²) in [6.45, 7) is 5.61. The summed E-state index contributed by atoms with van der Waals surface area (Å²) < 4.78 is 0. The Labute approximate surface area is 97.9 Å². The van der Waals surface area contributed by atoms with E-state index in [1.54, 1.807) is 0 Å². The van der Waals surface area contributed by atoms with Gasteiger partial charge in [-0.3, -0.25) is 4.98 Å². The SMILES string of the molecule is Cc1ccncc1N(C)C[C@@H]1CCCNC1. The lowest BCUT2D eigenvalue weighted by atomic mass is 9.99. The van der Waals surface area contributed by atoms with Gasteiger partial charge in [-0.15, -0.1) is 0 Å². The van der Waals surface area contributed by atoms with Crippen LogP contribution in [0.5, 0.6) is 0 Å². The van der Waals surface area contributed by atoms with Gasteiger partial charge in [0.05, 0.1) is 11.9 Å². The van der Waals surface area contributed by atoms with Crippen molar-refractivity contribution in [1.29, 1.82) is 0 Å². The van der Waals surface area contributed by atoms with Crippen LogP contribution < -0.4 is 10.2 Å². The lowest BCUT2D eigenvalue weighted by molar-refractivity contribution is 0.381. The third-order valence-corrected chi connectivity index (χ3v) is 3.35. The van der Waals surface area contributed by atoms with Gasteiger partial charge in [-0.1, -0.05) is 0 Å². The van der Waals surface area contributed by atoms with Gasteiger partial charge in [0.25, 0.3) is 0 Å². The van der Waals surface area contributed by atoms with E-state index < -0.39 is 0 Å². The molecule has 1 aromatic rings. The summed E-state index contributed by atoms with van der Waals surface area (Å²) in [5.74, 6) is 0.776. The number of hydrogen-bond acceptors (Lipinski definition) is 3. The van der Waals surface area contributed by atoms with E-state index in [-0.39, 0.29) is 0 Å². The van der Waals surface area contributed by atoms with Crippen LogP contribution in [-0.4, -0.2) is 31.7 Å². The van der Waals surface area contributed by atoms with Gasteiger partial charge in [0.15, 0.2) is 0 Å². The number of aryl methyl sites for hydroxylation is 1. The van der Waals surface area contributed by atoms with Gasteiger partial charge >= 0.3 is 0 Å². The topological polar surface area (TPSA) is 28.2 Å². The van der Waals surface area contributed by atoms with E-state index in [1.165, 1.54) is 30.6 Å². The average molecular weight is 219 g/mol. The number of aromatic nitrogens is 1. The zero-order valence-corrected chi connectivity index (χ0v) is 10.2. The Bertz CT molecular complexity index is 332. The Kier molecular flexibility index (Phi) is 3.78. The van der Waals surface area contributed by atoms with Crippen LogP contribution in [0, 0.1) is 12.8 Å². The zero-order chi connectivity index (χ0) is 11.4. The van der Waals surface area contributed by atoms with E-state index in [1.807, 2.05) is 12.4 Å². The summed E-state index contributed by atoms with van der Waals surface area (Å²) in [4.78, 5) is 6.54. The van der Waals surface area contributed by atoms with Gasteiger partial charge in [0.2, 0.25) is 0 Å². The Balaban J connectivity index is 1.96. The first kappa shape index (κ1) is 11.4. The molecule has 3 heteroatoms. The van der Waals surface area contributed by atoms with E-state index in [2.05, 4.69) is 35.2 Å². The molecule has 0 saturated carbocycles. The molecule has 88 valence electrons. The summed E-state index contributed by atoms with van der Waals surface area (Å²) in [5.41, 5.74) is 2.56. The summed E-state index contributed by atoms with van der Waals surface area (Å²) in [7, 11) is 2.17. The molecule has 1 atom stereocenters. The molecular formula is C13H21N3. The number of nitrogens with zero attached hydrogens (tertiary/aromatic N) is 2. The average Bonchev–Trinajstić information content (AvgIpc) is 2.31. The van der Waals surface area contributed by atoms with Crippen molar-refractivity contribution in [3.8, 4) is 0 Å². The van der Waals surface area contributed by atoms with Crippen molar-refractivity contribution in [2.24, 2.45) is 5.92 Å². The Morgan fingerprint density at radius 2 is 2.44 bits per heavy atom. The van der Waals surface area contributed by atoms with Crippen LogP contribution in [0.15, 0.2) is 18.5 Å². The monoisotopic (exact) mass is 219 g/mol. The van der Waals surface area contributed by atoms with Crippen LogP contribution in [0.25, 0.3) is 0 Å². The van der Waals surface area contributed by atoms with Crippen molar-refractivity contribution in [2.45, 2.75) is 19.8 Å². The van der Waals surface area contributed by atoms with Crippen LogP contribution >= 0.6 is 0 Å². The fraction of sp³-hybridized carbons (Fsp3) is 0.615. The highest BCUT2D eigenvalue weighted by molar-refractivity contribution is 5.50. The molecule has 1 aromatic heterocycles. The quantitative estimate of drug-likeness (QED) is 0.840. The molecule has 3 nitrogen and oxygen atoms in total. The molecule has 1 aliphatic rings. The largest absolute Gasteiger partial charge is 0.373 e. The fourth-order valence-electron chi connectivity index (χ4n) is 2.42. The molecule has 0 unspecified atom stereocenters. The minimum absolute atomic E-state index is 0.776. The molecule has 0 spiro atoms. The minimum Gasteiger partial charge on any atom is -0.373 e. The first-order chi connectivity index (χ1) is 7.77. The van der Waals surface area contributed by atoms with Crippen LogP contribution in [0.4, 0.5) is 5.69 Å². The number of rotatable bonds is 3. The molecule has 1 fully saturated rings. The molecule has 0 amide bonds. The van der Waals surface area contributed by atoms with Crippen molar-refractivity contribution < 1.29 is 0 Å². The second kappa shape index (κ2) is 5.30. The highest BCUT2D eigenvalue weighted by atomic mass is 15.1. The zero-order valence-electron chi connectivity index (χ0n) is 10.2. The van der Waals surface area contributed by atoms with Gasteiger partial charge < -0.3 is 10.2 Å². The number of piperidine rings is 1. The van der Waals surface area contributed by atoms with Crippen molar-refractivity contribution in [3.63, 3.8) is 0 Å². The van der Waals surface area contributed by atoms with Crippen LogP contribution in [0.1, 0.15) is 18.4 Å². The first-order valence-corrected chi connectivity index (χ1v) is 6.10. The molecule has 16 heavy (non-hydrogen) atoms. The number of anilines is 1. The molecule has 2 rings (SSSR count). The van der Waals surface area contributed by atoms with E-state index in [4.69, 9.17) is 0 Å². The Morgan fingerprint density at radius 1 is 1.56 bits per heavy atom. The van der Waals surface area contributed by atoms with Crippen molar-refractivity contribution in [1.82, 2.24) is 10.3 Å². The van der Waals surface area contributed by atoms with Gasteiger partial charge in [0, 0.05) is 19.8 Å². The number of hydrogen-bond donors (Lipinski definition) is 1. The molecule has 1 aliphatic heterocycles. The van der Waals surface area contributed by atoms with Gasteiger partial charge in [-0.05, 0) is 50.4 Å². The smallest absolute Gasteiger partial charge is 0.0579 e. The Morgan fingerprint density at radius 3 is 3.12 bits per heavy atom. The summed E-state index contributed by atoms with van der Waals surface area (Å²) in [6.07, 6.45) is 6.47. The van der Waals surface area contributed by atoms with E-state index in [0.717, 1.165) is 19.0 Å². The summed E-state index contributed by atoms with van der Waals surface area (Å²) >= 11 is 0. The maximum absolute atomic E-state index is 4.20.